The molecular formula is C7H15NO. The zero-order chi connectivity index (χ0) is 7.28. The quantitative estimate of drug-likeness (QED) is 0.575. The third-order valence-corrected chi connectivity index (χ3v) is 0.907. The molecule has 0 radical (unpaired) electrons. The van der Waals surface area contributed by atoms with Gasteiger partial charge in [-0.15, -0.1) is 0 Å². The molecule has 2 nitrogen and oxygen atoms in total. The van der Waals surface area contributed by atoms with Crippen LogP contribution < -0.4 is 5.73 Å². The second-order valence-corrected chi connectivity index (χ2v) is 2.36. The molecule has 54 valence electrons. The third-order valence-electron chi connectivity index (χ3n) is 0.907. The van der Waals surface area contributed by atoms with Gasteiger partial charge in [0.2, 0.25) is 0 Å². The molecule has 0 rings (SSSR count). The van der Waals surface area contributed by atoms with Gasteiger partial charge in [-0.2, -0.15) is 0 Å². The molecule has 0 spiro atoms. The van der Waals surface area contributed by atoms with E-state index in [0.29, 0.717) is 6.61 Å². The first kappa shape index (κ1) is 8.66. The summed E-state index contributed by atoms with van der Waals surface area (Å²) >= 11 is 0. The number of hydrogen-bond acceptors (Lipinski definition) is 2. The maximum absolute atomic E-state index is 5.58. The Hall–Kier alpha value is -0.340. The fourth-order valence-electron chi connectivity index (χ4n) is 0.669. The van der Waals surface area contributed by atoms with Crippen LogP contribution in [0.1, 0.15) is 13.8 Å². The molecule has 2 N–H and O–H groups in total. The van der Waals surface area contributed by atoms with E-state index < -0.39 is 0 Å². The maximum Gasteiger partial charge on any atom is 0.0649 e. The van der Waals surface area contributed by atoms with Crippen molar-refractivity contribution in [2.75, 3.05) is 13.7 Å². The van der Waals surface area contributed by atoms with Gasteiger partial charge in [-0.3, -0.25) is 0 Å². The van der Waals surface area contributed by atoms with Crippen LogP contribution in [0.4, 0.5) is 0 Å². The number of rotatable bonds is 3. The molecule has 0 bridgehead atoms. The van der Waals surface area contributed by atoms with E-state index in [1.165, 1.54) is 5.57 Å². The highest BCUT2D eigenvalue weighted by molar-refractivity contribution is 4.99. The fourth-order valence-corrected chi connectivity index (χ4v) is 0.669. The number of methoxy groups -OCH3 is 1. The molecular weight excluding hydrogens is 114 g/mol. The Bertz CT molecular complexity index is 95.1. The van der Waals surface area contributed by atoms with E-state index >= 15 is 0 Å². The van der Waals surface area contributed by atoms with Crippen LogP contribution in [0.2, 0.25) is 0 Å². The van der Waals surface area contributed by atoms with E-state index in [0.717, 1.165) is 0 Å². The normalized spacial score (nSPS) is 12.9. The molecule has 0 aliphatic carbocycles. The van der Waals surface area contributed by atoms with Crippen molar-refractivity contribution in [3.05, 3.63) is 11.6 Å². The Morgan fingerprint density at radius 1 is 1.67 bits per heavy atom. The SMILES string of the molecule is COCC(N)C=C(C)C. The van der Waals surface area contributed by atoms with Gasteiger partial charge in [0.25, 0.3) is 0 Å². The van der Waals surface area contributed by atoms with Crippen molar-refractivity contribution in [3.8, 4) is 0 Å². The first-order chi connectivity index (χ1) is 4.16. The van der Waals surface area contributed by atoms with Gasteiger partial charge in [-0.25, -0.2) is 0 Å². The van der Waals surface area contributed by atoms with Gasteiger partial charge < -0.3 is 10.5 Å². The zero-order valence-electron chi connectivity index (χ0n) is 6.35. The first-order valence-electron chi connectivity index (χ1n) is 3.06. The molecule has 0 fully saturated rings. The maximum atomic E-state index is 5.58. The highest BCUT2D eigenvalue weighted by Gasteiger charge is 1.93. The van der Waals surface area contributed by atoms with E-state index in [-0.39, 0.29) is 6.04 Å². The summed E-state index contributed by atoms with van der Waals surface area (Å²) in [6, 6.07) is 0.0556. The molecule has 0 aromatic rings. The molecule has 0 amide bonds. The average molecular weight is 129 g/mol. The van der Waals surface area contributed by atoms with Crippen molar-refractivity contribution in [1.82, 2.24) is 0 Å². The first-order valence-corrected chi connectivity index (χ1v) is 3.06. The minimum absolute atomic E-state index is 0.0556. The molecule has 0 aromatic carbocycles. The Labute approximate surface area is 56.7 Å². The summed E-state index contributed by atoms with van der Waals surface area (Å²) in [6.07, 6.45) is 1.99. The van der Waals surface area contributed by atoms with Crippen molar-refractivity contribution in [1.29, 1.82) is 0 Å². The molecule has 0 heterocycles. The molecule has 0 saturated carbocycles. The Morgan fingerprint density at radius 3 is 2.56 bits per heavy atom. The van der Waals surface area contributed by atoms with Crippen LogP contribution in [-0.4, -0.2) is 19.8 Å². The van der Waals surface area contributed by atoms with Gasteiger partial charge in [0.05, 0.1) is 6.61 Å². The lowest BCUT2D eigenvalue weighted by molar-refractivity contribution is 0.192. The van der Waals surface area contributed by atoms with Crippen LogP contribution in [0, 0.1) is 0 Å². The number of allylic oxidation sites excluding steroid dienone is 1. The minimum atomic E-state index is 0.0556. The number of ether oxygens (including phenoxy) is 1. The minimum Gasteiger partial charge on any atom is -0.383 e. The van der Waals surface area contributed by atoms with Gasteiger partial charge >= 0.3 is 0 Å². The lowest BCUT2D eigenvalue weighted by Gasteiger charge is -2.03. The van der Waals surface area contributed by atoms with Crippen molar-refractivity contribution < 1.29 is 4.74 Å². The van der Waals surface area contributed by atoms with Gasteiger partial charge in [0, 0.05) is 13.2 Å². The largest absolute Gasteiger partial charge is 0.383 e. The third kappa shape index (κ3) is 5.53. The van der Waals surface area contributed by atoms with E-state index in [1.54, 1.807) is 7.11 Å². The van der Waals surface area contributed by atoms with E-state index in [9.17, 15) is 0 Å². The molecule has 9 heavy (non-hydrogen) atoms. The van der Waals surface area contributed by atoms with Crippen LogP contribution in [0.5, 0.6) is 0 Å². The summed E-state index contributed by atoms with van der Waals surface area (Å²) in [4.78, 5) is 0. The predicted octanol–water partition coefficient (Wildman–Crippen LogP) is 0.926. The highest BCUT2D eigenvalue weighted by Crippen LogP contribution is 1.91. The van der Waals surface area contributed by atoms with Gasteiger partial charge in [0.15, 0.2) is 0 Å². The summed E-state index contributed by atoms with van der Waals surface area (Å²) in [5.41, 5.74) is 6.82. The van der Waals surface area contributed by atoms with Crippen molar-refractivity contribution in [2.24, 2.45) is 5.73 Å². The highest BCUT2D eigenvalue weighted by atomic mass is 16.5. The molecule has 2 heteroatoms. The summed E-state index contributed by atoms with van der Waals surface area (Å²) in [5, 5.41) is 0. The number of nitrogens with two attached hydrogens (primary N) is 1. The zero-order valence-corrected chi connectivity index (χ0v) is 6.35. The monoisotopic (exact) mass is 129 g/mol. The smallest absolute Gasteiger partial charge is 0.0649 e. The summed E-state index contributed by atoms with van der Waals surface area (Å²) in [5.74, 6) is 0. The predicted molar refractivity (Wildman–Crippen MR) is 39.3 cm³/mol. The second-order valence-electron chi connectivity index (χ2n) is 2.36. The molecule has 0 saturated heterocycles. The molecule has 0 aromatic heterocycles. The lowest BCUT2D eigenvalue weighted by atomic mass is 10.2. The van der Waals surface area contributed by atoms with Crippen LogP contribution in [0.25, 0.3) is 0 Å². The molecule has 0 aliphatic heterocycles. The number of hydrogen-bond donors (Lipinski definition) is 1. The Kier molecular flexibility index (Phi) is 4.36. The molecule has 1 atom stereocenters. The van der Waals surface area contributed by atoms with E-state index in [2.05, 4.69) is 0 Å². The molecule has 0 aliphatic rings. The van der Waals surface area contributed by atoms with Crippen LogP contribution in [0.15, 0.2) is 11.6 Å². The van der Waals surface area contributed by atoms with Crippen molar-refractivity contribution in [2.45, 2.75) is 19.9 Å². The van der Waals surface area contributed by atoms with Crippen LogP contribution >= 0.6 is 0 Å². The van der Waals surface area contributed by atoms with Crippen LogP contribution in [0.3, 0.4) is 0 Å². The van der Waals surface area contributed by atoms with E-state index in [4.69, 9.17) is 10.5 Å². The van der Waals surface area contributed by atoms with Crippen LogP contribution in [-0.2, 0) is 4.74 Å². The topological polar surface area (TPSA) is 35.2 Å². The second kappa shape index (κ2) is 4.53. The van der Waals surface area contributed by atoms with Gasteiger partial charge in [0.1, 0.15) is 0 Å². The molecule has 1 unspecified atom stereocenters. The lowest BCUT2D eigenvalue weighted by Crippen LogP contribution is -2.22. The fraction of sp³-hybridized carbons (Fsp3) is 0.714. The summed E-state index contributed by atoms with van der Waals surface area (Å²) in [6.45, 7) is 4.65. The van der Waals surface area contributed by atoms with Crippen molar-refractivity contribution >= 4 is 0 Å². The summed E-state index contributed by atoms with van der Waals surface area (Å²) < 4.78 is 4.83. The van der Waals surface area contributed by atoms with Crippen molar-refractivity contribution in [3.63, 3.8) is 0 Å². The standard InChI is InChI=1S/C7H15NO/c1-6(2)4-7(8)5-9-3/h4,7H,5,8H2,1-3H3. The summed E-state index contributed by atoms with van der Waals surface area (Å²) in [7, 11) is 1.65. The average Bonchev–Trinajstić information content (AvgIpc) is 1.63. The van der Waals surface area contributed by atoms with Gasteiger partial charge in [-0.05, 0) is 13.8 Å². The van der Waals surface area contributed by atoms with E-state index in [1.807, 2.05) is 19.9 Å². The van der Waals surface area contributed by atoms with Gasteiger partial charge in [-0.1, -0.05) is 11.6 Å². The Balaban J connectivity index is 3.49. The Morgan fingerprint density at radius 2 is 2.22 bits per heavy atom.